The van der Waals surface area contributed by atoms with E-state index in [4.69, 9.17) is 4.74 Å². The summed E-state index contributed by atoms with van der Waals surface area (Å²) in [6, 6.07) is 10.1. The van der Waals surface area contributed by atoms with E-state index in [-0.39, 0.29) is 31.0 Å². The summed E-state index contributed by atoms with van der Waals surface area (Å²) in [5.41, 5.74) is 0.950. The van der Waals surface area contributed by atoms with Crippen molar-refractivity contribution in [2.24, 2.45) is 5.92 Å². The van der Waals surface area contributed by atoms with Gasteiger partial charge in [-0.15, -0.1) is 0 Å². The van der Waals surface area contributed by atoms with Gasteiger partial charge in [0.25, 0.3) is 0 Å². The number of carbonyl (C=O) groups is 1. The summed E-state index contributed by atoms with van der Waals surface area (Å²) in [5.74, 6) is -1.45. The Labute approximate surface area is 199 Å². The van der Waals surface area contributed by atoms with Crippen molar-refractivity contribution >= 4 is 15.9 Å². The van der Waals surface area contributed by atoms with Crippen LogP contribution in [0.5, 0.6) is 5.75 Å². The van der Waals surface area contributed by atoms with Gasteiger partial charge in [-0.25, -0.2) is 17.2 Å². The Morgan fingerprint density at radius 2 is 1.65 bits per heavy atom. The van der Waals surface area contributed by atoms with Crippen LogP contribution in [0.15, 0.2) is 47.4 Å². The molecule has 2 fully saturated rings. The number of hydrogen-bond donors (Lipinski definition) is 1. The van der Waals surface area contributed by atoms with Gasteiger partial charge in [-0.3, -0.25) is 4.79 Å². The lowest BCUT2D eigenvalue weighted by molar-refractivity contribution is -0.126. The van der Waals surface area contributed by atoms with Crippen molar-refractivity contribution < 1.29 is 26.7 Å². The fraction of sp³-hybridized carbons (Fsp3) is 0.480. The van der Waals surface area contributed by atoms with Crippen molar-refractivity contribution in [3.63, 3.8) is 0 Å². The number of nitrogens with one attached hydrogen (secondary N) is 1. The quantitative estimate of drug-likeness (QED) is 0.622. The lowest BCUT2D eigenvalue weighted by Gasteiger charge is -2.30. The predicted octanol–water partition coefficient (Wildman–Crippen LogP) is 4.39. The van der Waals surface area contributed by atoms with Gasteiger partial charge in [0.1, 0.15) is 22.3 Å². The number of benzene rings is 2. The average Bonchev–Trinajstić information content (AvgIpc) is 2.85. The number of amides is 1. The molecule has 1 aliphatic heterocycles. The van der Waals surface area contributed by atoms with E-state index in [0.717, 1.165) is 40.6 Å². The minimum absolute atomic E-state index is 0.0730. The van der Waals surface area contributed by atoms with Crippen molar-refractivity contribution in [2.45, 2.75) is 62.5 Å². The third-order valence-corrected chi connectivity index (χ3v) is 8.49. The minimum Gasteiger partial charge on any atom is -0.490 e. The standard InChI is InChI=1S/C25H30F2N2O4S/c26-20-8-11-23(27)24(16-20)34(31,32)29-14-12-19(13-15-29)25(30)28-17-18-6-9-22(10-7-18)33-21-4-2-1-3-5-21/h6-11,16,19,21H,1-5,12-15,17H2,(H,28,30). The smallest absolute Gasteiger partial charge is 0.246 e. The lowest BCUT2D eigenvalue weighted by Crippen LogP contribution is -2.43. The zero-order valence-corrected chi connectivity index (χ0v) is 19.8. The fourth-order valence-corrected chi connectivity index (χ4v) is 6.11. The van der Waals surface area contributed by atoms with Crippen LogP contribution in [0.25, 0.3) is 0 Å². The highest BCUT2D eigenvalue weighted by molar-refractivity contribution is 7.89. The summed E-state index contributed by atoms with van der Waals surface area (Å²) in [6.45, 7) is 0.517. The zero-order chi connectivity index (χ0) is 24.1. The van der Waals surface area contributed by atoms with Crippen LogP contribution in [-0.2, 0) is 21.4 Å². The molecule has 0 aromatic heterocycles. The van der Waals surface area contributed by atoms with Crippen molar-refractivity contribution in [3.8, 4) is 5.75 Å². The van der Waals surface area contributed by atoms with Crippen molar-refractivity contribution in [2.75, 3.05) is 13.1 Å². The van der Waals surface area contributed by atoms with Crippen LogP contribution in [-0.4, -0.2) is 37.8 Å². The number of rotatable bonds is 7. The number of carbonyl (C=O) groups excluding carboxylic acids is 1. The molecule has 0 radical (unpaired) electrons. The Hall–Kier alpha value is -2.52. The Bertz CT molecular complexity index is 1090. The van der Waals surface area contributed by atoms with E-state index in [2.05, 4.69) is 5.32 Å². The first kappa shape index (κ1) is 24.6. The molecule has 1 heterocycles. The molecule has 0 unspecified atom stereocenters. The average molecular weight is 493 g/mol. The summed E-state index contributed by atoms with van der Waals surface area (Å²) in [5, 5.41) is 2.91. The molecular weight excluding hydrogens is 462 g/mol. The molecule has 184 valence electrons. The number of hydrogen-bond acceptors (Lipinski definition) is 4. The van der Waals surface area contributed by atoms with Crippen molar-refractivity contribution in [3.05, 3.63) is 59.7 Å². The molecule has 4 rings (SSSR count). The maximum Gasteiger partial charge on any atom is 0.246 e. The molecule has 1 saturated carbocycles. The van der Waals surface area contributed by atoms with E-state index < -0.39 is 26.6 Å². The van der Waals surface area contributed by atoms with Gasteiger partial charge in [0.05, 0.1) is 6.10 Å². The highest BCUT2D eigenvalue weighted by Gasteiger charge is 2.33. The monoisotopic (exact) mass is 492 g/mol. The largest absolute Gasteiger partial charge is 0.490 e. The van der Waals surface area contributed by atoms with Gasteiger partial charge in [-0.05, 0) is 74.4 Å². The topological polar surface area (TPSA) is 75.7 Å². The lowest BCUT2D eigenvalue weighted by atomic mass is 9.97. The van der Waals surface area contributed by atoms with Crippen LogP contribution >= 0.6 is 0 Å². The van der Waals surface area contributed by atoms with Crippen LogP contribution in [0.3, 0.4) is 0 Å². The summed E-state index contributed by atoms with van der Waals surface area (Å²) in [6.07, 6.45) is 6.80. The minimum atomic E-state index is -4.16. The zero-order valence-electron chi connectivity index (χ0n) is 19.0. The molecule has 34 heavy (non-hydrogen) atoms. The van der Waals surface area contributed by atoms with E-state index in [0.29, 0.717) is 25.5 Å². The Kier molecular flexibility index (Phi) is 7.83. The molecule has 1 saturated heterocycles. The number of piperidine rings is 1. The van der Waals surface area contributed by atoms with E-state index in [9.17, 15) is 22.0 Å². The third-order valence-electron chi connectivity index (χ3n) is 6.58. The highest BCUT2D eigenvalue weighted by Crippen LogP contribution is 2.27. The number of ether oxygens (including phenoxy) is 1. The van der Waals surface area contributed by atoms with Gasteiger partial charge in [-0.1, -0.05) is 18.6 Å². The maximum absolute atomic E-state index is 14.0. The molecule has 2 aliphatic rings. The second kappa shape index (κ2) is 10.8. The number of nitrogens with zero attached hydrogens (tertiary/aromatic N) is 1. The van der Waals surface area contributed by atoms with Crippen LogP contribution in [0, 0.1) is 17.6 Å². The highest BCUT2D eigenvalue weighted by atomic mass is 32.2. The second-order valence-electron chi connectivity index (χ2n) is 8.99. The SMILES string of the molecule is O=C(NCc1ccc(OC2CCCCC2)cc1)C1CCN(S(=O)(=O)c2cc(F)ccc2F)CC1. The van der Waals surface area contributed by atoms with Crippen LogP contribution < -0.4 is 10.1 Å². The van der Waals surface area contributed by atoms with E-state index in [1.165, 1.54) is 19.3 Å². The Morgan fingerprint density at radius 1 is 0.971 bits per heavy atom. The van der Waals surface area contributed by atoms with Crippen molar-refractivity contribution in [1.82, 2.24) is 9.62 Å². The molecule has 2 aromatic carbocycles. The first-order valence-electron chi connectivity index (χ1n) is 11.8. The molecule has 1 aliphatic carbocycles. The summed E-state index contributed by atoms with van der Waals surface area (Å²) in [7, 11) is -4.16. The molecule has 1 amide bonds. The number of sulfonamides is 1. The van der Waals surface area contributed by atoms with Crippen LogP contribution in [0.2, 0.25) is 0 Å². The molecule has 0 atom stereocenters. The second-order valence-corrected chi connectivity index (χ2v) is 10.9. The molecule has 6 nitrogen and oxygen atoms in total. The third kappa shape index (κ3) is 5.93. The van der Waals surface area contributed by atoms with E-state index in [1.807, 2.05) is 24.3 Å². The predicted molar refractivity (Wildman–Crippen MR) is 124 cm³/mol. The number of halogens is 2. The molecular formula is C25H30F2N2O4S. The van der Waals surface area contributed by atoms with Crippen LogP contribution in [0.1, 0.15) is 50.5 Å². The van der Waals surface area contributed by atoms with Gasteiger partial charge in [0.2, 0.25) is 15.9 Å². The van der Waals surface area contributed by atoms with E-state index in [1.54, 1.807) is 0 Å². The molecule has 9 heteroatoms. The first-order valence-corrected chi connectivity index (χ1v) is 13.3. The van der Waals surface area contributed by atoms with E-state index >= 15 is 0 Å². The van der Waals surface area contributed by atoms with Gasteiger partial charge in [0, 0.05) is 25.6 Å². The van der Waals surface area contributed by atoms with Gasteiger partial charge in [-0.2, -0.15) is 4.31 Å². The van der Waals surface area contributed by atoms with Crippen LogP contribution in [0.4, 0.5) is 8.78 Å². The summed E-state index contributed by atoms with van der Waals surface area (Å²) < 4.78 is 60.0. The van der Waals surface area contributed by atoms with Gasteiger partial charge >= 0.3 is 0 Å². The van der Waals surface area contributed by atoms with Gasteiger partial charge in [0.15, 0.2) is 0 Å². The first-order chi connectivity index (χ1) is 16.3. The van der Waals surface area contributed by atoms with Crippen molar-refractivity contribution in [1.29, 1.82) is 0 Å². The molecule has 1 N–H and O–H groups in total. The Balaban J connectivity index is 1.25. The molecule has 0 bridgehead atoms. The van der Waals surface area contributed by atoms with Gasteiger partial charge < -0.3 is 10.1 Å². The Morgan fingerprint density at radius 3 is 2.32 bits per heavy atom. The summed E-state index contributed by atoms with van der Waals surface area (Å²) >= 11 is 0. The molecule has 0 spiro atoms. The summed E-state index contributed by atoms with van der Waals surface area (Å²) in [4.78, 5) is 11.9. The molecule has 2 aromatic rings. The maximum atomic E-state index is 14.0. The fourth-order valence-electron chi connectivity index (χ4n) is 4.57. The normalized spacial score (nSPS) is 18.5.